The monoisotopic (exact) mass is 240 g/mol. The minimum Gasteiger partial charge on any atom is -0.497 e. The molecule has 2 aromatic carbocycles. The highest BCUT2D eigenvalue weighted by atomic mass is 16.5. The summed E-state index contributed by atoms with van der Waals surface area (Å²) < 4.78 is 5.13. The lowest BCUT2D eigenvalue weighted by Crippen LogP contribution is -1.96. The molecular formula is C16H16O2. The maximum absolute atomic E-state index is 11.5. The van der Waals surface area contributed by atoms with Gasteiger partial charge in [-0.1, -0.05) is 24.3 Å². The van der Waals surface area contributed by atoms with Crippen LogP contribution in [0, 0.1) is 6.92 Å². The molecule has 0 saturated carbocycles. The Morgan fingerprint density at radius 3 is 2.17 bits per heavy atom. The fourth-order valence-electron chi connectivity index (χ4n) is 1.96. The molecule has 0 N–H and O–H groups in total. The van der Waals surface area contributed by atoms with Crippen LogP contribution in [0.1, 0.15) is 22.8 Å². The number of carbonyl (C=O) groups excluding carboxylic acids is 1. The van der Waals surface area contributed by atoms with Gasteiger partial charge < -0.3 is 4.74 Å². The van der Waals surface area contributed by atoms with Gasteiger partial charge in [-0.3, -0.25) is 4.79 Å². The second-order valence-electron chi connectivity index (χ2n) is 4.31. The molecule has 0 bridgehead atoms. The third-order valence-electron chi connectivity index (χ3n) is 3.04. The van der Waals surface area contributed by atoms with Crippen LogP contribution in [-0.2, 0) is 0 Å². The molecule has 0 aliphatic rings. The van der Waals surface area contributed by atoms with Gasteiger partial charge in [0.25, 0.3) is 0 Å². The Hall–Kier alpha value is -2.09. The predicted octanol–water partition coefficient (Wildman–Crippen LogP) is 3.87. The van der Waals surface area contributed by atoms with Crippen LogP contribution in [0.5, 0.6) is 5.75 Å². The van der Waals surface area contributed by atoms with Crippen LogP contribution >= 0.6 is 0 Å². The maximum Gasteiger partial charge on any atom is 0.160 e. The van der Waals surface area contributed by atoms with Crippen LogP contribution in [-0.4, -0.2) is 12.9 Å². The van der Waals surface area contributed by atoms with Gasteiger partial charge in [-0.25, -0.2) is 0 Å². The van der Waals surface area contributed by atoms with Crippen molar-refractivity contribution in [1.82, 2.24) is 0 Å². The Balaban J connectivity index is 2.44. The van der Waals surface area contributed by atoms with Gasteiger partial charge in [-0.15, -0.1) is 0 Å². The summed E-state index contributed by atoms with van der Waals surface area (Å²) in [4.78, 5) is 11.5. The van der Waals surface area contributed by atoms with Crippen LogP contribution in [0.25, 0.3) is 11.1 Å². The summed E-state index contributed by atoms with van der Waals surface area (Å²) >= 11 is 0. The molecule has 0 radical (unpaired) electrons. The van der Waals surface area contributed by atoms with E-state index in [0.717, 1.165) is 28.0 Å². The van der Waals surface area contributed by atoms with Crippen molar-refractivity contribution in [2.75, 3.05) is 7.11 Å². The second-order valence-corrected chi connectivity index (χ2v) is 4.31. The lowest BCUT2D eigenvalue weighted by atomic mass is 9.98. The van der Waals surface area contributed by atoms with Gasteiger partial charge in [0.1, 0.15) is 5.75 Å². The number of Topliss-reactive ketones (excluding diaryl/α,β-unsaturated/α-hetero) is 1. The molecule has 0 amide bonds. The smallest absolute Gasteiger partial charge is 0.160 e. The number of benzene rings is 2. The van der Waals surface area contributed by atoms with E-state index >= 15 is 0 Å². The van der Waals surface area contributed by atoms with Crippen molar-refractivity contribution in [2.45, 2.75) is 13.8 Å². The number of ether oxygens (including phenoxy) is 1. The van der Waals surface area contributed by atoms with E-state index in [0.29, 0.717) is 0 Å². The topological polar surface area (TPSA) is 26.3 Å². The number of aryl methyl sites for hydroxylation is 1. The van der Waals surface area contributed by atoms with Crippen LogP contribution in [0.3, 0.4) is 0 Å². The summed E-state index contributed by atoms with van der Waals surface area (Å²) in [6.07, 6.45) is 0. The summed E-state index contributed by atoms with van der Waals surface area (Å²) in [6.45, 7) is 3.55. The molecule has 18 heavy (non-hydrogen) atoms. The van der Waals surface area contributed by atoms with Gasteiger partial charge >= 0.3 is 0 Å². The van der Waals surface area contributed by atoms with E-state index in [4.69, 9.17) is 4.74 Å². The highest BCUT2D eigenvalue weighted by molar-refractivity contribution is 5.96. The van der Waals surface area contributed by atoms with Gasteiger partial charge in [0.15, 0.2) is 5.78 Å². The first kappa shape index (κ1) is 12.4. The Bertz CT molecular complexity index is 568. The Labute approximate surface area is 107 Å². The van der Waals surface area contributed by atoms with Gasteiger partial charge in [0.2, 0.25) is 0 Å². The van der Waals surface area contributed by atoms with E-state index in [1.165, 1.54) is 0 Å². The van der Waals surface area contributed by atoms with Crippen LogP contribution < -0.4 is 4.74 Å². The summed E-state index contributed by atoms with van der Waals surface area (Å²) in [5, 5.41) is 0. The minimum atomic E-state index is 0.0999. The number of ketones is 1. The predicted molar refractivity (Wildman–Crippen MR) is 73.2 cm³/mol. The van der Waals surface area contributed by atoms with Crippen molar-refractivity contribution in [1.29, 1.82) is 0 Å². The quantitative estimate of drug-likeness (QED) is 0.761. The highest BCUT2D eigenvalue weighted by Gasteiger charge is 2.06. The SMILES string of the molecule is COc1ccc(-c2ccc(C)c(C(C)=O)c2)cc1. The summed E-state index contributed by atoms with van der Waals surface area (Å²) in [7, 11) is 1.65. The molecule has 0 aromatic heterocycles. The Morgan fingerprint density at radius 2 is 1.61 bits per heavy atom. The third kappa shape index (κ3) is 2.43. The van der Waals surface area contributed by atoms with E-state index in [1.807, 2.05) is 49.4 Å². The molecule has 0 heterocycles. The zero-order chi connectivity index (χ0) is 13.1. The average Bonchev–Trinajstić information content (AvgIpc) is 2.39. The molecule has 0 saturated heterocycles. The van der Waals surface area contributed by atoms with E-state index in [1.54, 1.807) is 14.0 Å². The molecule has 0 fully saturated rings. The number of hydrogen-bond acceptors (Lipinski definition) is 2. The largest absolute Gasteiger partial charge is 0.497 e. The van der Waals surface area contributed by atoms with Crippen molar-refractivity contribution < 1.29 is 9.53 Å². The fourth-order valence-corrected chi connectivity index (χ4v) is 1.96. The molecule has 2 heteroatoms. The van der Waals surface area contributed by atoms with Crippen LogP contribution in [0.2, 0.25) is 0 Å². The van der Waals surface area contributed by atoms with Crippen molar-refractivity contribution in [3.8, 4) is 16.9 Å². The number of rotatable bonds is 3. The lowest BCUT2D eigenvalue weighted by molar-refractivity contribution is 0.101. The maximum atomic E-state index is 11.5. The summed E-state index contributed by atoms with van der Waals surface area (Å²) in [6, 6.07) is 13.8. The van der Waals surface area contributed by atoms with Crippen molar-refractivity contribution >= 4 is 5.78 Å². The van der Waals surface area contributed by atoms with E-state index < -0.39 is 0 Å². The Kier molecular flexibility index (Phi) is 3.47. The molecule has 2 rings (SSSR count). The fraction of sp³-hybridized carbons (Fsp3) is 0.188. The van der Waals surface area contributed by atoms with Crippen molar-refractivity contribution in [3.05, 3.63) is 53.6 Å². The minimum absolute atomic E-state index is 0.0999. The second kappa shape index (κ2) is 5.05. The first-order valence-corrected chi connectivity index (χ1v) is 5.88. The molecule has 92 valence electrons. The number of hydrogen-bond donors (Lipinski definition) is 0. The van der Waals surface area contributed by atoms with E-state index in [-0.39, 0.29) is 5.78 Å². The van der Waals surface area contributed by atoms with E-state index in [2.05, 4.69) is 0 Å². The van der Waals surface area contributed by atoms with Crippen LogP contribution in [0.4, 0.5) is 0 Å². The van der Waals surface area contributed by atoms with Crippen molar-refractivity contribution in [3.63, 3.8) is 0 Å². The number of methoxy groups -OCH3 is 1. The third-order valence-corrected chi connectivity index (χ3v) is 3.04. The average molecular weight is 240 g/mol. The van der Waals surface area contributed by atoms with Gasteiger partial charge in [0.05, 0.1) is 7.11 Å². The first-order valence-electron chi connectivity index (χ1n) is 5.88. The zero-order valence-electron chi connectivity index (χ0n) is 10.9. The van der Waals surface area contributed by atoms with Crippen LogP contribution in [0.15, 0.2) is 42.5 Å². The van der Waals surface area contributed by atoms with Crippen molar-refractivity contribution in [2.24, 2.45) is 0 Å². The highest BCUT2D eigenvalue weighted by Crippen LogP contribution is 2.24. The molecule has 2 nitrogen and oxygen atoms in total. The first-order chi connectivity index (χ1) is 8.61. The molecule has 0 aliphatic carbocycles. The normalized spacial score (nSPS) is 10.2. The van der Waals surface area contributed by atoms with Gasteiger partial charge in [0, 0.05) is 5.56 Å². The summed E-state index contributed by atoms with van der Waals surface area (Å²) in [5.41, 5.74) is 3.93. The molecule has 2 aromatic rings. The zero-order valence-corrected chi connectivity index (χ0v) is 10.9. The molecule has 0 aliphatic heterocycles. The lowest BCUT2D eigenvalue weighted by Gasteiger charge is -2.07. The molecular weight excluding hydrogens is 224 g/mol. The number of carbonyl (C=O) groups is 1. The molecule has 0 atom stereocenters. The summed E-state index contributed by atoms with van der Waals surface area (Å²) in [5.74, 6) is 0.931. The van der Waals surface area contributed by atoms with Gasteiger partial charge in [-0.05, 0) is 48.7 Å². The van der Waals surface area contributed by atoms with E-state index in [9.17, 15) is 4.79 Å². The molecule has 0 unspecified atom stereocenters. The Morgan fingerprint density at radius 1 is 1.00 bits per heavy atom. The van der Waals surface area contributed by atoms with Gasteiger partial charge in [-0.2, -0.15) is 0 Å². The standard InChI is InChI=1S/C16H16O2/c1-11-4-5-14(10-16(11)12(2)17)13-6-8-15(18-3)9-7-13/h4-10H,1-3H3. The molecule has 0 spiro atoms.